The molecule has 2 N–H and O–H groups in total. The van der Waals surface area contributed by atoms with Gasteiger partial charge in [-0.05, 0) is 31.6 Å². The van der Waals surface area contributed by atoms with Crippen LogP contribution in [-0.4, -0.2) is 66.4 Å². The van der Waals surface area contributed by atoms with Crippen molar-refractivity contribution in [2.75, 3.05) is 33.4 Å². The molecule has 0 unspecified atom stereocenters. The first-order valence-electron chi connectivity index (χ1n) is 9.46. The number of fused-ring (bicyclic) bond motifs is 1. The molecule has 1 aromatic heterocycles. The topological polar surface area (TPSA) is 110 Å². The predicted octanol–water partition coefficient (Wildman–Crippen LogP) is 0.838. The molecule has 1 saturated heterocycles. The van der Waals surface area contributed by atoms with Gasteiger partial charge < -0.3 is 24.8 Å². The lowest BCUT2D eigenvalue weighted by atomic mass is 9.80. The van der Waals surface area contributed by atoms with Gasteiger partial charge in [0.2, 0.25) is 11.8 Å². The van der Waals surface area contributed by atoms with Crippen molar-refractivity contribution in [3.63, 3.8) is 0 Å². The molecule has 0 bridgehead atoms. The average Bonchev–Trinajstić information content (AvgIpc) is 3.25. The van der Waals surface area contributed by atoms with E-state index < -0.39 is 5.41 Å². The first-order chi connectivity index (χ1) is 12.8. The van der Waals surface area contributed by atoms with Crippen LogP contribution >= 0.6 is 0 Å². The highest BCUT2D eigenvalue weighted by atomic mass is 16.5. The largest absolute Gasteiger partial charge is 0.375 e. The SMILES string of the molecule is COCC(=O)N1C[C@@H]2C[C@@H](NC(=O)NCC(C)C)C[C@]2(c2nc(C)no2)C1. The van der Waals surface area contributed by atoms with Crippen LogP contribution in [0.1, 0.15) is 38.4 Å². The van der Waals surface area contributed by atoms with E-state index in [0.29, 0.717) is 43.7 Å². The standard InChI is InChI=1S/C18H29N5O4/c1-11(2)7-19-17(25)21-14-5-13-8-23(15(24)9-26-4)10-18(13,6-14)16-20-12(3)22-27-16/h11,13-14H,5-10H2,1-4H3,(H2,19,21,25)/t13-,14+,18-/m0/s1. The van der Waals surface area contributed by atoms with Crippen molar-refractivity contribution in [3.8, 4) is 0 Å². The van der Waals surface area contributed by atoms with Gasteiger partial charge in [0.15, 0.2) is 5.82 Å². The van der Waals surface area contributed by atoms with E-state index in [4.69, 9.17) is 9.26 Å². The maximum atomic E-state index is 12.3. The van der Waals surface area contributed by atoms with Crippen molar-refractivity contribution in [2.24, 2.45) is 11.8 Å². The van der Waals surface area contributed by atoms with Gasteiger partial charge in [-0.25, -0.2) is 4.79 Å². The Morgan fingerprint density at radius 1 is 1.44 bits per heavy atom. The Morgan fingerprint density at radius 3 is 2.85 bits per heavy atom. The van der Waals surface area contributed by atoms with Gasteiger partial charge in [0.05, 0.1) is 5.41 Å². The third-order valence-corrected chi connectivity index (χ3v) is 5.46. The van der Waals surface area contributed by atoms with Crippen LogP contribution in [0.3, 0.4) is 0 Å². The average molecular weight is 379 g/mol. The maximum Gasteiger partial charge on any atom is 0.315 e. The monoisotopic (exact) mass is 379 g/mol. The maximum absolute atomic E-state index is 12.3. The highest BCUT2D eigenvalue weighted by Gasteiger charge is 2.58. The molecular weight excluding hydrogens is 350 g/mol. The number of hydrogen-bond acceptors (Lipinski definition) is 6. The number of carbonyl (C=O) groups excluding carboxylic acids is 2. The summed E-state index contributed by atoms with van der Waals surface area (Å²) in [6.45, 7) is 7.70. The number of amides is 3. The number of likely N-dealkylation sites (tertiary alicyclic amines) is 1. The molecule has 2 aliphatic rings. The van der Waals surface area contributed by atoms with E-state index in [-0.39, 0.29) is 30.5 Å². The van der Waals surface area contributed by atoms with Gasteiger partial charge in [0.25, 0.3) is 0 Å². The number of nitrogens with one attached hydrogen (secondary N) is 2. The normalized spacial score (nSPS) is 27.1. The van der Waals surface area contributed by atoms with Gasteiger partial charge in [0.1, 0.15) is 6.61 Å². The Morgan fingerprint density at radius 2 is 2.22 bits per heavy atom. The molecule has 27 heavy (non-hydrogen) atoms. The number of aryl methyl sites for hydroxylation is 1. The van der Waals surface area contributed by atoms with Gasteiger partial charge in [-0.3, -0.25) is 4.79 Å². The van der Waals surface area contributed by atoms with Crippen LogP contribution in [0.15, 0.2) is 4.52 Å². The van der Waals surface area contributed by atoms with E-state index in [1.165, 1.54) is 7.11 Å². The van der Waals surface area contributed by atoms with E-state index in [1.54, 1.807) is 6.92 Å². The molecule has 3 rings (SSSR count). The van der Waals surface area contributed by atoms with E-state index in [2.05, 4.69) is 34.6 Å². The predicted molar refractivity (Wildman–Crippen MR) is 97.1 cm³/mol. The van der Waals surface area contributed by atoms with Crippen LogP contribution in [0.4, 0.5) is 4.79 Å². The van der Waals surface area contributed by atoms with Gasteiger partial charge >= 0.3 is 6.03 Å². The minimum absolute atomic E-state index is 0.00838. The van der Waals surface area contributed by atoms with Crippen molar-refractivity contribution in [1.82, 2.24) is 25.7 Å². The second-order valence-corrected chi connectivity index (χ2v) is 8.09. The minimum Gasteiger partial charge on any atom is -0.375 e. The molecule has 9 heteroatoms. The van der Waals surface area contributed by atoms with E-state index >= 15 is 0 Å². The second-order valence-electron chi connectivity index (χ2n) is 8.09. The lowest BCUT2D eigenvalue weighted by Crippen LogP contribution is -2.44. The fourth-order valence-electron chi connectivity index (χ4n) is 4.25. The Labute approximate surface area is 159 Å². The summed E-state index contributed by atoms with van der Waals surface area (Å²) >= 11 is 0. The quantitative estimate of drug-likeness (QED) is 0.758. The van der Waals surface area contributed by atoms with Crippen molar-refractivity contribution >= 4 is 11.9 Å². The molecule has 2 fully saturated rings. The fourth-order valence-corrected chi connectivity index (χ4v) is 4.25. The minimum atomic E-state index is -0.416. The smallest absolute Gasteiger partial charge is 0.315 e. The van der Waals surface area contributed by atoms with Crippen LogP contribution in [0.25, 0.3) is 0 Å². The Kier molecular flexibility index (Phi) is 5.69. The first kappa shape index (κ1) is 19.6. The molecule has 2 heterocycles. The number of urea groups is 1. The summed E-state index contributed by atoms with van der Waals surface area (Å²) in [5.74, 6) is 1.65. The van der Waals surface area contributed by atoms with Crippen molar-refractivity contribution in [2.45, 2.75) is 45.1 Å². The summed E-state index contributed by atoms with van der Waals surface area (Å²) in [6.07, 6.45) is 1.44. The van der Waals surface area contributed by atoms with Crippen molar-refractivity contribution in [1.29, 1.82) is 0 Å². The molecule has 9 nitrogen and oxygen atoms in total. The number of ether oxygens (including phenoxy) is 1. The third-order valence-electron chi connectivity index (χ3n) is 5.46. The highest BCUT2D eigenvalue weighted by Crippen LogP contribution is 2.50. The summed E-state index contributed by atoms with van der Waals surface area (Å²) in [4.78, 5) is 30.8. The number of aromatic nitrogens is 2. The summed E-state index contributed by atoms with van der Waals surface area (Å²) in [6, 6.07) is -0.146. The molecule has 1 saturated carbocycles. The van der Waals surface area contributed by atoms with Crippen LogP contribution < -0.4 is 10.6 Å². The third kappa shape index (κ3) is 4.07. The molecule has 0 spiro atoms. The van der Waals surface area contributed by atoms with Crippen molar-refractivity contribution < 1.29 is 18.8 Å². The zero-order chi connectivity index (χ0) is 19.6. The summed E-state index contributed by atoms with van der Waals surface area (Å²) in [7, 11) is 1.52. The van der Waals surface area contributed by atoms with E-state index in [9.17, 15) is 9.59 Å². The van der Waals surface area contributed by atoms with Gasteiger partial charge in [-0.2, -0.15) is 4.98 Å². The summed E-state index contributed by atoms with van der Waals surface area (Å²) < 4.78 is 10.5. The lowest BCUT2D eigenvalue weighted by molar-refractivity contribution is -0.134. The zero-order valence-electron chi connectivity index (χ0n) is 16.4. The van der Waals surface area contributed by atoms with Crippen LogP contribution in [-0.2, 0) is 14.9 Å². The molecule has 150 valence electrons. The molecule has 1 aliphatic heterocycles. The Hall–Kier alpha value is -2.16. The molecule has 3 atom stereocenters. The molecule has 1 aromatic rings. The number of rotatable bonds is 6. The Balaban J connectivity index is 1.73. The van der Waals surface area contributed by atoms with Gasteiger partial charge in [0, 0.05) is 32.8 Å². The molecule has 0 radical (unpaired) electrons. The molecular formula is C18H29N5O4. The molecule has 1 aliphatic carbocycles. The second kappa shape index (κ2) is 7.84. The fraction of sp³-hybridized carbons (Fsp3) is 0.778. The summed E-state index contributed by atoms with van der Waals surface area (Å²) in [5, 5.41) is 9.90. The molecule has 0 aromatic carbocycles. The number of methoxy groups -OCH3 is 1. The van der Waals surface area contributed by atoms with Crippen LogP contribution in [0.5, 0.6) is 0 Å². The number of nitrogens with zero attached hydrogens (tertiary/aromatic N) is 3. The Bertz CT molecular complexity index is 691. The summed E-state index contributed by atoms with van der Waals surface area (Å²) in [5.41, 5.74) is -0.416. The molecule has 3 amide bonds. The van der Waals surface area contributed by atoms with Crippen LogP contribution in [0.2, 0.25) is 0 Å². The van der Waals surface area contributed by atoms with E-state index in [0.717, 1.165) is 6.42 Å². The van der Waals surface area contributed by atoms with Gasteiger partial charge in [-0.1, -0.05) is 19.0 Å². The number of carbonyl (C=O) groups is 2. The number of hydrogen-bond donors (Lipinski definition) is 2. The van der Waals surface area contributed by atoms with Crippen molar-refractivity contribution in [3.05, 3.63) is 11.7 Å². The highest BCUT2D eigenvalue weighted by molar-refractivity contribution is 5.78. The lowest BCUT2D eigenvalue weighted by Gasteiger charge is -2.25. The zero-order valence-corrected chi connectivity index (χ0v) is 16.4. The van der Waals surface area contributed by atoms with Gasteiger partial charge in [-0.15, -0.1) is 0 Å². The first-order valence-corrected chi connectivity index (χ1v) is 9.46. The van der Waals surface area contributed by atoms with Crippen LogP contribution in [0, 0.1) is 18.8 Å². The van der Waals surface area contributed by atoms with E-state index in [1.807, 2.05) is 4.90 Å².